The van der Waals surface area contributed by atoms with Crippen LogP contribution in [0.3, 0.4) is 0 Å². The molecule has 0 spiro atoms. The molecule has 0 radical (unpaired) electrons. The minimum absolute atomic E-state index is 0.222. The van der Waals surface area contributed by atoms with E-state index in [4.69, 9.17) is 14.5 Å². The van der Waals surface area contributed by atoms with E-state index in [2.05, 4.69) is 47.6 Å². The number of hydrogen-bond acceptors (Lipinski definition) is 5. The molecular formula is C19H25N3O2. The van der Waals surface area contributed by atoms with E-state index in [1.807, 2.05) is 0 Å². The summed E-state index contributed by atoms with van der Waals surface area (Å²) < 4.78 is 11.1. The van der Waals surface area contributed by atoms with Crippen LogP contribution in [-0.4, -0.2) is 43.3 Å². The van der Waals surface area contributed by atoms with Gasteiger partial charge in [0.05, 0.1) is 12.6 Å². The molecule has 0 unspecified atom stereocenters. The molecule has 3 aliphatic heterocycles. The highest BCUT2D eigenvalue weighted by atomic mass is 16.5. The van der Waals surface area contributed by atoms with Crippen molar-refractivity contribution in [3.8, 4) is 5.75 Å². The minimum Gasteiger partial charge on any atom is -0.493 e. The molecule has 1 N–H and O–H groups in total. The number of fused-ring (bicyclic) bond motifs is 1. The number of hydrogen-bond donors (Lipinski definition) is 1. The monoisotopic (exact) mass is 327 g/mol. The van der Waals surface area contributed by atoms with Gasteiger partial charge in [-0.25, -0.2) is 4.99 Å². The molecule has 24 heavy (non-hydrogen) atoms. The molecule has 0 saturated carbocycles. The summed E-state index contributed by atoms with van der Waals surface area (Å²) in [7, 11) is 0. The van der Waals surface area contributed by atoms with Crippen molar-refractivity contribution in [2.45, 2.75) is 38.3 Å². The largest absolute Gasteiger partial charge is 0.493 e. The van der Waals surface area contributed by atoms with Gasteiger partial charge in [-0.2, -0.15) is 0 Å². The van der Waals surface area contributed by atoms with Crippen LogP contribution in [-0.2, 0) is 11.2 Å². The molecule has 5 heteroatoms. The fraction of sp³-hybridized carbons (Fsp3) is 0.526. The van der Waals surface area contributed by atoms with Gasteiger partial charge in [0.2, 0.25) is 0 Å². The van der Waals surface area contributed by atoms with Crippen molar-refractivity contribution in [1.82, 2.24) is 10.2 Å². The van der Waals surface area contributed by atoms with E-state index in [0.717, 1.165) is 57.3 Å². The smallest absolute Gasteiger partial charge is 0.124 e. The number of ether oxygens (including phenoxy) is 2. The Morgan fingerprint density at radius 3 is 2.92 bits per heavy atom. The Bertz CT molecular complexity index is 650. The van der Waals surface area contributed by atoms with Gasteiger partial charge in [-0.1, -0.05) is 12.1 Å². The number of aliphatic imine (C=N–C) groups is 1. The van der Waals surface area contributed by atoms with Crippen molar-refractivity contribution < 1.29 is 9.47 Å². The Labute approximate surface area is 143 Å². The lowest BCUT2D eigenvalue weighted by Gasteiger charge is -2.34. The van der Waals surface area contributed by atoms with Crippen LogP contribution in [0.4, 0.5) is 0 Å². The van der Waals surface area contributed by atoms with Gasteiger partial charge in [0, 0.05) is 37.4 Å². The summed E-state index contributed by atoms with van der Waals surface area (Å²) in [5.74, 6) is 2.00. The highest BCUT2D eigenvalue weighted by molar-refractivity contribution is 5.93. The highest BCUT2D eigenvalue weighted by Crippen LogP contribution is 2.31. The third kappa shape index (κ3) is 3.13. The van der Waals surface area contributed by atoms with Crippen LogP contribution in [0, 0.1) is 0 Å². The van der Waals surface area contributed by atoms with Crippen molar-refractivity contribution in [2.75, 3.05) is 26.5 Å². The molecule has 1 aromatic carbocycles. The maximum absolute atomic E-state index is 5.67. The lowest BCUT2D eigenvalue weighted by Crippen LogP contribution is -2.39. The molecule has 3 aliphatic rings. The van der Waals surface area contributed by atoms with Gasteiger partial charge in [0.25, 0.3) is 0 Å². The zero-order valence-corrected chi connectivity index (χ0v) is 14.2. The fourth-order valence-electron chi connectivity index (χ4n) is 3.73. The van der Waals surface area contributed by atoms with Gasteiger partial charge in [-0.15, -0.1) is 0 Å². The third-order valence-electron chi connectivity index (χ3n) is 5.10. The number of benzene rings is 1. The Kier molecular flexibility index (Phi) is 4.43. The van der Waals surface area contributed by atoms with Crippen molar-refractivity contribution in [3.05, 3.63) is 41.6 Å². The third-order valence-corrected chi connectivity index (χ3v) is 5.10. The summed E-state index contributed by atoms with van der Waals surface area (Å²) in [5.41, 5.74) is 2.65. The maximum atomic E-state index is 5.67. The number of nitrogens with one attached hydrogen (secondary N) is 1. The normalized spacial score (nSPS) is 21.9. The van der Waals surface area contributed by atoms with Crippen LogP contribution < -0.4 is 10.1 Å². The molecule has 1 saturated heterocycles. The van der Waals surface area contributed by atoms with Gasteiger partial charge in [0.15, 0.2) is 0 Å². The second-order valence-corrected chi connectivity index (χ2v) is 6.65. The first-order chi connectivity index (χ1) is 11.8. The minimum atomic E-state index is 0.222. The number of amidine groups is 1. The first-order valence-corrected chi connectivity index (χ1v) is 8.88. The molecule has 0 aromatic heterocycles. The van der Waals surface area contributed by atoms with Crippen molar-refractivity contribution in [2.24, 2.45) is 4.99 Å². The Morgan fingerprint density at radius 1 is 1.25 bits per heavy atom. The predicted octanol–water partition coefficient (Wildman–Crippen LogP) is 2.64. The van der Waals surface area contributed by atoms with Crippen LogP contribution in [0.25, 0.3) is 0 Å². The van der Waals surface area contributed by atoms with Crippen molar-refractivity contribution in [1.29, 1.82) is 0 Å². The van der Waals surface area contributed by atoms with Gasteiger partial charge in [0.1, 0.15) is 18.3 Å². The quantitative estimate of drug-likeness (QED) is 0.927. The average Bonchev–Trinajstić information content (AvgIpc) is 3.12. The fourth-order valence-corrected chi connectivity index (χ4v) is 3.73. The Balaban J connectivity index is 1.39. The standard InChI is InChI=1S/C19H25N3O2/c1-14(16-3-2-4-18-17(16)8-12-24-18)21-19-5-9-22(13-20-19)15-6-10-23-11-7-15/h2-5,9,14-15H,6-8,10-13H2,1H3,(H,20,21)/t14-/m0/s1. The number of rotatable bonds is 3. The summed E-state index contributed by atoms with van der Waals surface area (Å²) in [4.78, 5) is 7.04. The maximum Gasteiger partial charge on any atom is 0.124 e. The molecule has 1 fully saturated rings. The van der Waals surface area contributed by atoms with E-state index in [0.29, 0.717) is 6.04 Å². The van der Waals surface area contributed by atoms with Crippen LogP contribution >= 0.6 is 0 Å². The zero-order chi connectivity index (χ0) is 16.4. The van der Waals surface area contributed by atoms with Crippen LogP contribution in [0.5, 0.6) is 5.75 Å². The molecule has 4 rings (SSSR count). The van der Waals surface area contributed by atoms with Gasteiger partial charge < -0.3 is 19.7 Å². The van der Waals surface area contributed by atoms with E-state index in [1.165, 1.54) is 11.1 Å². The van der Waals surface area contributed by atoms with Gasteiger partial charge in [-0.3, -0.25) is 0 Å². The van der Waals surface area contributed by atoms with E-state index in [-0.39, 0.29) is 6.04 Å². The lowest BCUT2D eigenvalue weighted by atomic mass is 9.99. The highest BCUT2D eigenvalue weighted by Gasteiger charge is 2.22. The number of nitrogens with zero attached hydrogens (tertiary/aromatic N) is 2. The van der Waals surface area contributed by atoms with Gasteiger partial charge in [-0.05, 0) is 37.5 Å². The molecule has 0 aliphatic carbocycles. The molecule has 3 heterocycles. The van der Waals surface area contributed by atoms with Crippen LogP contribution in [0.15, 0.2) is 35.5 Å². The summed E-state index contributed by atoms with van der Waals surface area (Å²) in [6.07, 6.45) is 7.45. The molecule has 5 nitrogen and oxygen atoms in total. The second-order valence-electron chi connectivity index (χ2n) is 6.65. The lowest BCUT2D eigenvalue weighted by molar-refractivity contribution is 0.0499. The molecule has 128 valence electrons. The second kappa shape index (κ2) is 6.85. The summed E-state index contributed by atoms with van der Waals surface area (Å²) in [6, 6.07) is 7.10. The predicted molar refractivity (Wildman–Crippen MR) is 94.3 cm³/mol. The molecule has 0 amide bonds. The zero-order valence-electron chi connectivity index (χ0n) is 14.2. The molecular weight excluding hydrogens is 302 g/mol. The van der Waals surface area contributed by atoms with E-state index < -0.39 is 0 Å². The Morgan fingerprint density at radius 2 is 2.12 bits per heavy atom. The first kappa shape index (κ1) is 15.5. The summed E-state index contributed by atoms with van der Waals surface area (Å²) in [5, 5.41) is 3.54. The molecule has 0 bridgehead atoms. The van der Waals surface area contributed by atoms with Crippen LogP contribution in [0.2, 0.25) is 0 Å². The Hall–Kier alpha value is -2.01. The topological polar surface area (TPSA) is 46.1 Å². The van der Waals surface area contributed by atoms with Crippen molar-refractivity contribution in [3.63, 3.8) is 0 Å². The van der Waals surface area contributed by atoms with E-state index in [9.17, 15) is 0 Å². The SMILES string of the molecule is C[C@H](NC1=NCN(C2CCOCC2)C=C1)c1cccc2c1CCO2. The molecule has 1 atom stereocenters. The van der Waals surface area contributed by atoms with E-state index in [1.54, 1.807) is 0 Å². The summed E-state index contributed by atoms with van der Waals surface area (Å²) >= 11 is 0. The first-order valence-electron chi connectivity index (χ1n) is 8.88. The van der Waals surface area contributed by atoms with Crippen LogP contribution in [0.1, 0.15) is 36.9 Å². The van der Waals surface area contributed by atoms with Gasteiger partial charge >= 0.3 is 0 Å². The van der Waals surface area contributed by atoms with Crippen molar-refractivity contribution >= 4 is 5.84 Å². The summed E-state index contributed by atoms with van der Waals surface area (Å²) in [6.45, 7) is 5.44. The average molecular weight is 327 g/mol. The molecule has 1 aromatic rings. The van der Waals surface area contributed by atoms with E-state index >= 15 is 0 Å².